The van der Waals surface area contributed by atoms with Crippen LogP contribution in [0.25, 0.3) is 27.4 Å². The summed E-state index contributed by atoms with van der Waals surface area (Å²) in [7, 11) is 0. The van der Waals surface area contributed by atoms with Crippen LogP contribution in [0.1, 0.15) is 30.8 Å². The van der Waals surface area contributed by atoms with Crippen LogP contribution in [0.4, 0.5) is 57.4 Å². The van der Waals surface area contributed by atoms with E-state index in [2.05, 4.69) is 4.85 Å². The van der Waals surface area contributed by atoms with Crippen molar-refractivity contribution in [3.8, 4) is 28.6 Å². The number of pyridine rings is 2. The first-order chi connectivity index (χ1) is 29.6. The van der Waals surface area contributed by atoms with E-state index in [0.29, 0.717) is 22.8 Å². The van der Waals surface area contributed by atoms with E-state index in [1.807, 2.05) is 157 Å². The molecule has 0 radical (unpaired) electrons. The summed E-state index contributed by atoms with van der Waals surface area (Å²) in [4.78, 5) is 17.1. The summed E-state index contributed by atoms with van der Waals surface area (Å²) in [6, 6.07) is 51.5. The van der Waals surface area contributed by atoms with Gasteiger partial charge in [0.25, 0.3) is 5.69 Å². The molecule has 0 N–H and O–H groups in total. The Balaban J connectivity index is 1.42. The van der Waals surface area contributed by atoms with Gasteiger partial charge in [-0.15, -0.1) is 0 Å². The molecule has 0 aliphatic heterocycles. The molecule has 0 aliphatic carbocycles. The number of nitriles is 1. The Labute approximate surface area is 350 Å². The van der Waals surface area contributed by atoms with Crippen molar-refractivity contribution in [2.24, 2.45) is 0 Å². The Kier molecular flexibility index (Phi) is 10.8. The molecule has 8 aromatic rings. The topological polar surface area (TPSA) is 60.4 Å². The standard InChI is InChI=1S/C51H34F4N6/c1-51(2,46-30-37(28-44(58-46)39-24-26-42(52)41(32-56)48(39)54)60(33-16-8-4-9-17-33)34-18-10-5-11-19-34)47-31-38(29-45(59-47)40-25-27-43(53)50(57-3)49(40)55)61(35-20-12-6-13-21-35)36-22-14-7-15-23-36/h4-31H,1-2H3. The average Bonchev–Trinajstić information content (AvgIpc) is 3.28. The molecule has 10 heteroatoms. The van der Waals surface area contributed by atoms with Gasteiger partial charge in [-0.2, -0.15) is 5.26 Å². The molecule has 296 valence electrons. The van der Waals surface area contributed by atoms with E-state index in [9.17, 15) is 14.0 Å². The van der Waals surface area contributed by atoms with Gasteiger partial charge in [0.05, 0.1) is 40.7 Å². The van der Waals surface area contributed by atoms with E-state index in [1.54, 1.807) is 18.2 Å². The number of anilines is 6. The normalized spacial score (nSPS) is 11.1. The molecule has 6 aromatic carbocycles. The second-order valence-corrected chi connectivity index (χ2v) is 14.6. The zero-order chi connectivity index (χ0) is 42.7. The van der Waals surface area contributed by atoms with Crippen LogP contribution in [0, 0.1) is 41.2 Å². The Hall–Kier alpha value is -8.08. The third kappa shape index (κ3) is 7.67. The lowest BCUT2D eigenvalue weighted by molar-refractivity contribution is 0.577. The highest BCUT2D eigenvalue weighted by atomic mass is 19.1. The van der Waals surface area contributed by atoms with Crippen molar-refractivity contribution in [3.63, 3.8) is 0 Å². The van der Waals surface area contributed by atoms with Crippen LogP contribution in [-0.2, 0) is 5.41 Å². The van der Waals surface area contributed by atoms with Crippen LogP contribution in [-0.4, -0.2) is 9.97 Å². The summed E-state index contributed by atoms with van der Waals surface area (Å²) in [6.45, 7) is 11.3. The molecule has 0 atom stereocenters. The summed E-state index contributed by atoms with van der Waals surface area (Å²) in [6.07, 6.45) is 0. The molecule has 0 bridgehead atoms. The molecular weight excluding hydrogens is 773 g/mol. The summed E-state index contributed by atoms with van der Waals surface area (Å²) in [5.74, 6) is -4.11. The lowest BCUT2D eigenvalue weighted by atomic mass is 9.83. The Morgan fingerprint density at radius 3 is 1.26 bits per heavy atom. The van der Waals surface area contributed by atoms with Crippen molar-refractivity contribution in [2.75, 3.05) is 9.80 Å². The van der Waals surface area contributed by atoms with E-state index < -0.39 is 39.9 Å². The van der Waals surface area contributed by atoms with E-state index in [1.165, 1.54) is 12.1 Å². The maximum absolute atomic E-state index is 16.2. The number of rotatable bonds is 10. The average molecular weight is 807 g/mol. The molecule has 0 saturated heterocycles. The summed E-state index contributed by atoms with van der Waals surface area (Å²) >= 11 is 0. The Bertz CT molecular complexity index is 2690. The van der Waals surface area contributed by atoms with Gasteiger partial charge in [0, 0.05) is 39.3 Å². The molecule has 6 nitrogen and oxygen atoms in total. The number of hydrogen-bond acceptors (Lipinski definition) is 5. The van der Waals surface area contributed by atoms with Gasteiger partial charge in [-0.25, -0.2) is 22.4 Å². The van der Waals surface area contributed by atoms with Crippen LogP contribution in [0.15, 0.2) is 170 Å². The summed E-state index contributed by atoms with van der Waals surface area (Å²) in [5.41, 5.74) is 2.40. The largest absolute Gasteiger partial charge is 0.310 e. The van der Waals surface area contributed by atoms with Crippen LogP contribution >= 0.6 is 0 Å². The third-order valence-electron chi connectivity index (χ3n) is 10.4. The first-order valence-corrected chi connectivity index (χ1v) is 19.2. The van der Waals surface area contributed by atoms with Crippen molar-refractivity contribution in [1.82, 2.24) is 9.97 Å². The minimum Gasteiger partial charge on any atom is -0.310 e. The van der Waals surface area contributed by atoms with Gasteiger partial charge in [-0.1, -0.05) is 72.8 Å². The van der Waals surface area contributed by atoms with E-state index in [0.717, 1.165) is 34.9 Å². The third-order valence-corrected chi connectivity index (χ3v) is 10.4. The molecule has 2 heterocycles. The predicted octanol–water partition coefficient (Wildman–Crippen LogP) is 14.1. The fraction of sp³-hybridized carbons (Fsp3) is 0.0588. The molecule has 0 fully saturated rings. The van der Waals surface area contributed by atoms with Crippen molar-refractivity contribution in [3.05, 3.63) is 221 Å². The van der Waals surface area contributed by atoms with Crippen LogP contribution in [0.2, 0.25) is 0 Å². The first kappa shape index (κ1) is 39.7. The van der Waals surface area contributed by atoms with Crippen molar-refractivity contribution >= 4 is 39.8 Å². The second kappa shape index (κ2) is 16.6. The van der Waals surface area contributed by atoms with E-state index in [-0.39, 0.29) is 22.5 Å². The van der Waals surface area contributed by atoms with Gasteiger partial charge >= 0.3 is 0 Å². The number of para-hydroxylation sites is 4. The molecule has 8 rings (SSSR count). The highest BCUT2D eigenvalue weighted by Crippen LogP contribution is 2.44. The molecule has 0 unspecified atom stereocenters. The predicted molar refractivity (Wildman–Crippen MR) is 232 cm³/mol. The molecule has 0 aliphatic rings. The number of hydrogen-bond donors (Lipinski definition) is 0. The number of halogens is 4. The molecule has 2 aromatic heterocycles. The number of aromatic nitrogens is 2. The molecule has 0 amide bonds. The van der Waals surface area contributed by atoms with Crippen molar-refractivity contribution in [2.45, 2.75) is 19.3 Å². The van der Waals surface area contributed by atoms with Gasteiger partial charge in [0.1, 0.15) is 29.1 Å². The summed E-state index contributed by atoms with van der Waals surface area (Å²) < 4.78 is 61.8. The second-order valence-electron chi connectivity index (χ2n) is 14.6. The maximum Gasteiger partial charge on any atom is 0.257 e. The molecule has 0 spiro atoms. The Morgan fingerprint density at radius 2 is 0.885 bits per heavy atom. The maximum atomic E-state index is 16.2. The van der Waals surface area contributed by atoms with Crippen LogP contribution < -0.4 is 9.80 Å². The van der Waals surface area contributed by atoms with E-state index in [4.69, 9.17) is 16.5 Å². The van der Waals surface area contributed by atoms with Crippen LogP contribution in [0.5, 0.6) is 0 Å². The van der Waals surface area contributed by atoms with Gasteiger partial charge < -0.3 is 9.80 Å². The van der Waals surface area contributed by atoms with Gasteiger partial charge in [0.15, 0.2) is 5.82 Å². The fourth-order valence-corrected chi connectivity index (χ4v) is 7.23. The molecule has 0 saturated carbocycles. The molecular formula is C51H34F4N6. The number of benzene rings is 6. The number of nitrogens with zero attached hydrogens (tertiary/aromatic N) is 6. The van der Waals surface area contributed by atoms with Gasteiger partial charge in [-0.3, -0.25) is 9.97 Å². The quantitative estimate of drug-likeness (QED) is 0.102. The van der Waals surface area contributed by atoms with Crippen LogP contribution in [0.3, 0.4) is 0 Å². The lowest BCUT2D eigenvalue weighted by Gasteiger charge is -2.31. The fourth-order valence-electron chi connectivity index (χ4n) is 7.23. The Morgan fingerprint density at radius 1 is 0.508 bits per heavy atom. The van der Waals surface area contributed by atoms with Gasteiger partial charge in [-0.05, 0) is 111 Å². The minimum atomic E-state index is -1.17. The lowest BCUT2D eigenvalue weighted by Crippen LogP contribution is -2.24. The highest BCUT2D eigenvalue weighted by molar-refractivity contribution is 5.82. The zero-order valence-electron chi connectivity index (χ0n) is 32.9. The van der Waals surface area contributed by atoms with Gasteiger partial charge in [0.2, 0.25) is 0 Å². The van der Waals surface area contributed by atoms with Crippen molar-refractivity contribution < 1.29 is 17.6 Å². The highest BCUT2D eigenvalue weighted by Gasteiger charge is 2.32. The first-order valence-electron chi connectivity index (χ1n) is 19.2. The minimum absolute atomic E-state index is 0.0912. The SMILES string of the molecule is [C-]#[N+]c1c(F)ccc(-c2cc(N(c3ccccc3)c3ccccc3)cc(C(C)(C)c3cc(N(c4ccccc4)c4ccccc4)cc(-c4ccc(F)c(C#N)c4F)n3)n2)c1F. The molecule has 61 heavy (non-hydrogen) atoms. The smallest absolute Gasteiger partial charge is 0.257 e. The van der Waals surface area contributed by atoms with Crippen molar-refractivity contribution in [1.29, 1.82) is 5.26 Å². The summed E-state index contributed by atoms with van der Waals surface area (Å²) in [5, 5.41) is 9.73. The monoisotopic (exact) mass is 806 g/mol. The zero-order valence-corrected chi connectivity index (χ0v) is 32.9. The van der Waals surface area contributed by atoms with E-state index >= 15 is 8.78 Å².